The van der Waals surface area contributed by atoms with E-state index >= 15 is 0 Å². The number of benzene rings is 1. The number of nitrogens with zero attached hydrogens (tertiary/aromatic N) is 4. The molecule has 1 N–H and O–H groups in total. The minimum atomic E-state index is -0.342. The molecule has 1 amide bonds. The molecule has 2 aromatic rings. The first-order valence-electron chi connectivity index (χ1n) is 5.59. The van der Waals surface area contributed by atoms with Crippen LogP contribution in [-0.2, 0) is 0 Å². The summed E-state index contributed by atoms with van der Waals surface area (Å²) < 4.78 is 12.8. The largest absolute Gasteiger partial charge is 0.346 e. The number of aromatic nitrogens is 4. The highest BCUT2D eigenvalue weighted by Crippen LogP contribution is 2.18. The van der Waals surface area contributed by atoms with Gasteiger partial charge in [0.05, 0.1) is 5.69 Å². The maximum Gasteiger partial charge on any atom is 0.293 e. The molecule has 7 heteroatoms. The third kappa shape index (κ3) is 2.20. The summed E-state index contributed by atoms with van der Waals surface area (Å²) in [6.07, 6.45) is 2.00. The summed E-state index contributed by atoms with van der Waals surface area (Å²) >= 11 is 0. The Labute approximate surface area is 102 Å². The monoisotopic (exact) mass is 247 g/mol. The second-order valence-corrected chi connectivity index (χ2v) is 4.13. The van der Waals surface area contributed by atoms with E-state index in [0.29, 0.717) is 5.69 Å². The number of rotatable bonds is 3. The van der Waals surface area contributed by atoms with Gasteiger partial charge >= 0.3 is 0 Å². The van der Waals surface area contributed by atoms with Gasteiger partial charge in [-0.3, -0.25) is 4.79 Å². The van der Waals surface area contributed by atoms with Crippen LogP contribution in [0.1, 0.15) is 23.5 Å². The highest BCUT2D eigenvalue weighted by Gasteiger charge is 2.25. The first-order chi connectivity index (χ1) is 8.72. The van der Waals surface area contributed by atoms with Crippen molar-refractivity contribution in [1.29, 1.82) is 0 Å². The van der Waals surface area contributed by atoms with E-state index in [1.54, 1.807) is 0 Å². The lowest BCUT2D eigenvalue weighted by Gasteiger charge is -1.98. The Bertz CT molecular complexity index is 575. The number of nitrogens with one attached hydrogen (secondary N) is 1. The SMILES string of the molecule is O=C(NC1CC1)c1nnn(-c2ccc(F)cc2)n1. The van der Waals surface area contributed by atoms with E-state index in [9.17, 15) is 9.18 Å². The summed E-state index contributed by atoms with van der Waals surface area (Å²) in [5, 5.41) is 14.1. The molecule has 0 spiro atoms. The van der Waals surface area contributed by atoms with Crippen LogP contribution in [0.3, 0.4) is 0 Å². The molecule has 18 heavy (non-hydrogen) atoms. The molecule has 0 saturated heterocycles. The number of halogens is 1. The Hall–Kier alpha value is -2.31. The van der Waals surface area contributed by atoms with Gasteiger partial charge in [0.2, 0.25) is 0 Å². The van der Waals surface area contributed by atoms with Crippen molar-refractivity contribution >= 4 is 5.91 Å². The molecule has 0 radical (unpaired) electrons. The van der Waals surface area contributed by atoms with E-state index < -0.39 is 0 Å². The van der Waals surface area contributed by atoms with E-state index in [4.69, 9.17) is 0 Å². The summed E-state index contributed by atoms with van der Waals surface area (Å²) in [5.74, 6) is -0.650. The van der Waals surface area contributed by atoms with E-state index in [1.165, 1.54) is 29.1 Å². The van der Waals surface area contributed by atoms with Crippen LogP contribution < -0.4 is 5.32 Å². The molecule has 0 aliphatic heterocycles. The predicted molar refractivity (Wildman–Crippen MR) is 59.6 cm³/mol. The average molecular weight is 247 g/mol. The van der Waals surface area contributed by atoms with Gasteiger partial charge in [0.15, 0.2) is 0 Å². The van der Waals surface area contributed by atoms with Crippen molar-refractivity contribution in [2.75, 3.05) is 0 Å². The van der Waals surface area contributed by atoms with E-state index in [0.717, 1.165) is 12.8 Å². The van der Waals surface area contributed by atoms with E-state index in [-0.39, 0.29) is 23.6 Å². The molecule has 1 aromatic heterocycles. The Balaban J connectivity index is 1.79. The first-order valence-corrected chi connectivity index (χ1v) is 5.59. The van der Waals surface area contributed by atoms with Gasteiger partial charge in [0, 0.05) is 6.04 Å². The van der Waals surface area contributed by atoms with Crippen LogP contribution in [0.4, 0.5) is 4.39 Å². The fourth-order valence-electron chi connectivity index (χ4n) is 1.47. The van der Waals surface area contributed by atoms with Crippen LogP contribution >= 0.6 is 0 Å². The molecule has 0 bridgehead atoms. The number of amides is 1. The third-order valence-electron chi connectivity index (χ3n) is 2.59. The van der Waals surface area contributed by atoms with Gasteiger partial charge in [-0.2, -0.15) is 0 Å². The molecule has 1 saturated carbocycles. The Morgan fingerprint density at radius 1 is 1.33 bits per heavy atom. The van der Waals surface area contributed by atoms with Crippen LogP contribution in [0.5, 0.6) is 0 Å². The van der Waals surface area contributed by atoms with Gasteiger partial charge in [-0.25, -0.2) is 4.39 Å². The topological polar surface area (TPSA) is 72.7 Å². The first kappa shape index (κ1) is 10.8. The summed E-state index contributed by atoms with van der Waals surface area (Å²) in [6.45, 7) is 0. The van der Waals surface area contributed by atoms with Crippen molar-refractivity contribution in [2.24, 2.45) is 0 Å². The average Bonchev–Trinajstić information content (AvgIpc) is 3.04. The molecule has 1 heterocycles. The van der Waals surface area contributed by atoms with Crippen molar-refractivity contribution in [3.05, 3.63) is 35.9 Å². The highest BCUT2D eigenvalue weighted by atomic mass is 19.1. The number of carbonyl (C=O) groups is 1. The molecule has 1 aliphatic carbocycles. The lowest BCUT2D eigenvalue weighted by Crippen LogP contribution is -2.26. The molecule has 0 atom stereocenters. The zero-order valence-electron chi connectivity index (χ0n) is 9.38. The molecule has 1 fully saturated rings. The van der Waals surface area contributed by atoms with Crippen molar-refractivity contribution < 1.29 is 9.18 Å². The standard InChI is InChI=1S/C11H10FN5O/c12-7-1-5-9(6-2-7)17-15-10(14-16-17)11(18)13-8-3-4-8/h1-2,5-6,8H,3-4H2,(H,13,18). The number of carbonyl (C=O) groups excluding carboxylic acids is 1. The molecule has 6 nitrogen and oxygen atoms in total. The van der Waals surface area contributed by atoms with Crippen LogP contribution in [0.2, 0.25) is 0 Å². The second kappa shape index (κ2) is 4.17. The molecule has 1 aromatic carbocycles. The fourth-order valence-corrected chi connectivity index (χ4v) is 1.47. The summed E-state index contributed by atoms with van der Waals surface area (Å²) in [6, 6.07) is 5.86. The Morgan fingerprint density at radius 3 is 2.72 bits per heavy atom. The normalized spacial score (nSPS) is 14.5. The van der Waals surface area contributed by atoms with Crippen molar-refractivity contribution in [2.45, 2.75) is 18.9 Å². The summed E-state index contributed by atoms with van der Waals surface area (Å²) in [5.41, 5.74) is 0.550. The molecular weight excluding hydrogens is 237 g/mol. The maximum atomic E-state index is 12.8. The van der Waals surface area contributed by atoms with Crippen molar-refractivity contribution in [3.63, 3.8) is 0 Å². The molecule has 0 unspecified atom stereocenters. The maximum absolute atomic E-state index is 12.8. The van der Waals surface area contributed by atoms with Gasteiger partial charge in [-0.15, -0.1) is 15.0 Å². The van der Waals surface area contributed by atoms with Crippen LogP contribution in [0.25, 0.3) is 5.69 Å². The zero-order chi connectivity index (χ0) is 12.5. The predicted octanol–water partition coefficient (Wildman–Crippen LogP) is 0.694. The highest BCUT2D eigenvalue weighted by molar-refractivity contribution is 5.90. The minimum Gasteiger partial charge on any atom is -0.346 e. The third-order valence-corrected chi connectivity index (χ3v) is 2.59. The minimum absolute atomic E-state index is 0.0197. The van der Waals surface area contributed by atoms with E-state index in [1.807, 2.05) is 0 Å². The number of tetrazole rings is 1. The molecular formula is C11H10FN5O. The van der Waals surface area contributed by atoms with E-state index in [2.05, 4.69) is 20.7 Å². The molecule has 92 valence electrons. The molecule has 3 rings (SSSR count). The second-order valence-electron chi connectivity index (χ2n) is 4.13. The van der Waals surface area contributed by atoms with Crippen LogP contribution in [0.15, 0.2) is 24.3 Å². The summed E-state index contributed by atoms with van der Waals surface area (Å²) in [4.78, 5) is 12.8. The van der Waals surface area contributed by atoms with Gasteiger partial charge in [0.25, 0.3) is 11.7 Å². The van der Waals surface area contributed by atoms with Crippen LogP contribution in [0, 0.1) is 5.82 Å². The van der Waals surface area contributed by atoms with Gasteiger partial charge < -0.3 is 5.32 Å². The zero-order valence-corrected chi connectivity index (χ0v) is 9.38. The Morgan fingerprint density at radius 2 is 2.06 bits per heavy atom. The van der Waals surface area contributed by atoms with Gasteiger partial charge in [-0.05, 0) is 42.3 Å². The van der Waals surface area contributed by atoms with Crippen LogP contribution in [-0.4, -0.2) is 32.2 Å². The van der Waals surface area contributed by atoms with Crippen molar-refractivity contribution in [1.82, 2.24) is 25.5 Å². The molecule has 1 aliphatic rings. The Kier molecular flexibility index (Phi) is 2.51. The fraction of sp³-hybridized carbons (Fsp3) is 0.273. The van der Waals surface area contributed by atoms with Gasteiger partial charge in [-0.1, -0.05) is 0 Å². The lowest BCUT2D eigenvalue weighted by atomic mass is 10.3. The quantitative estimate of drug-likeness (QED) is 0.866. The smallest absolute Gasteiger partial charge is 0.293 e. The van der Waals surface area contributed by atoms with Crippen molar-refractivity contribution in [3.8, 4) is 5.69 Å². The summed E-state index contributed by atoms with van der Waals surface area (Å²) in [7, 11) is 0. The number of hydrogen-bond donors (Lipinski definition) is 1. The number of hydrogen-bond acceptors (Lipinski definition) is 4. The lowest BCUT2D eigenvalue weighted by molar-refractivity contribution is 0.0940. The van der Waals surface area contributed by atoms with Gasteiger partial charge in [0.1, 0.15) is 5.82 Å².